The molecule has 0 bridgehead atoms. The number of halogens is 1. The van der Waals surface area contributed by atoms with Crippen LogP contribution in [0.1, 0.15) is 17.0 Å². The van der Waals surface area contributed by atoms with E-state index in [9.17, 15) is 4.79 Å². The molecule has 0 amide bonds. The van der Waals surface area contributed by atoms with E-state index in [1.54, 1.807) is 0 Å². The van der Waals surface area contributed by atoms with E-state index >= 15 is 0 Å². The lowest BCUT2D eigenvalue weighted by Gasteiger charge is -2.15. The van der Waals surface area contributed by atoms with Crippen LogP contribution in [0.25, 0.3) is 0 Å². The largest absolute Gasteiger partial charge is 0.469 e. The Kier molecular flexibility index (Phi) is 4.29. The molecule has 0 saturated heterocycles. The number of hydrogen-bond donors (Lipinski definition) is 1. The molecule has 0 saturated carbocycles. The monoisotopic (exact) mass is 271 g/mol. The molecule has 3 nitrogen and oxygen atoms in total. The van der Waals surface area contributed by atoms with Crippen molar-refractivity contribution in [2.75, 3.05) is 13.7 Å². The molecule has 0 aliphatic carbocycles. The van der Waals surface area contributed by atoms with E-state index < -0.39 is 0 Å². The van der Waals surface area contributed by atoms with Crippen molar-refractivity contribution in [1.29, 1.82) is 0 Å². The van der Waals surface area contributed by atoms with Gasteiger partial charge in [0.25, 0.3) is 0 Å². The second kappa shape index (κ2) is 5.28. The molecular weight excluding hydrogens is 258 g/mol. The van der Waals surface area contributed by atoms with Crippen LogP contribution in [0.5, 0.6) is 0 Å². The summed E-state index contributed by atoms with van der Waals surface area (Å²) in [6, 6.07) is 5.75. The minimum absolute atomic E-state index is 0.259. The predicted molar refractivity (Wildman–Crippen MR) is 62.7 cm³/mol. The SMILES string of the molecule is COC(=O)C(CN)c1ccc(Br)cc1C. The minimum atomic E-state index is -0.372. The van der Waals surface area contributed by atoms with Gasteiger partial charge in [0.2, 0.25) is 0 Å². The van der Waals surface area contributed by atoms with Crippen molar-refractivity contribution < 1.29 is 9.53 Å². The molecule has 0 fully saturated rings. The van der Waals surface area contributed by atoms with E-state index in [1.807, 2.05) is 25.1 Å². The predicted octanol–water partition coefficient (Wildman–Crippen LogP) is 1.97. The Morgan fingerprint density at radius 1 is 1.60 bits per heavy atom. The minimum Gasteiger partial charge on any atom is -0.469 e. The molecule has 0 aliphatic heterocycles. The van der Waals surface area contributed by atoms with Gasteiger partial charge in [0.15, 0.2) is 0 Å². The van der Waals surface area contributed by atoms with Crippen molar-refractivity contribution in [3.8, 4) is 0 Å². The van der Waals surface area contributed by atoms with Gasteiger partial charge in [-0.25, -0.2) is 0 Å². The number of methoxy groups -OCH3 is 1. The van der Waals surface area contributed by atoms with E-state index in [-0.39, 0.29) is 18.4 Å². The van der Waals surface area contributed by atoms with Gasteiger partial charge in [-0.15, -0.1) is 0 Å². The van der Waals surface area contributed by atoms with Crippen molar-refractivity contribution in [3.63, 3.8) is 0 Å². The van der Waals surface area contributed by atoms with E-state index in [1.165, 1.54) is 7.11 Å². The standard InChI is InChI=1S/C11H14BrNO2/c1-7-5-8(12)3-4-9(7)10(6-13)11(14)15-2/h3-5,10H,6,13H2,1-2H3. The van der Waals surface area contributed by atoms with E-state index in [0.717, 1.165) is 15.6 Å². The molecule has 0 aliphatic rings. The highest BCUT2D eigenvalue weighted by molar-refractivity contribution is 9.10. The van der Waals surface area contributed by atoms with Gasteiger partial charge in [0.05, 0.1) is 13.0 Å². The van der Waals surface area contributed by atoms with Crippen LogP contribution in [0.4, 0.5) is 0 Å². The Balaban J connectivity index is 3.07. The summed E-state index contributed by atoms with van der Waals surface area (Å²) in [5.41, 5.74) is 7.53. The zero-order valence-corrected chi connectivity index (χ0v) is 10.4. The highest BCUT2D eigenvalue weighted by atomic mass is 79.9. The van der Waals surface area contributed by atoms with Crippen LogP contribution in [-0.2, 0) is 9.53 Å². The third-order valence-electron chi connectivity index (χ3n) is 2.33. The number of carbonyl (C=O) groups is 1. The van der Waals surface area contributed by atoms with Crippen LogP contribution in [0, 0.1) is 6.92 Å². The van der Waals surface area contributed by atoms with Gasteiger partial charge in [0.1, 0.15) is 0 Å². The summed E-state index contributed by atoms with van der Waals surface area (Å²) in [5.74, 6) is -0.661. The van der Waals surface area contributed by atoms with E-state index in [4.69, 9.17) is 10.5 Å². The Bertz CT molecular complexity index is 366. The van der Waals surface area contributed by atoms with Crippen molar-refractivity contribution >= 4 is 21.9 Å². The molecule has 1 aromatic carbocycles. The van der Waals surface area contributed by atoms with Gasteiger partial charge in [-0.3, -0.25) is 4.79 Å². The van der Waals surface area contributed by atoms with Crippen LogP contribution in [0.3, 0.4) is 0 Å². The van der Waals surface area contributed by atoms with Gasteiger partial charge >= 0.3 is 5.97 Å². The number of benzene rings is 1. The Hall–Kier alpha value is -0.870. The molecule has 1 aromatic rings. The van der Waals surface area contributed by atoms with Crippen LogP contribution in [-0.4, -0.2) is 19.6 Å². The first kappa shape index (κ1) is 12.2. The average molecular weight is 272 g/mol. The molecule has 0 aromatic heterocycles. The molecule has 2 N–H and O–H groups in total. The molecule has 1 atom stereocenters. The lowest BCUT2D eigenvalue weighted by molar-refractivity contribution is -0.142. The maximum atomic E-state index is 11.5. The summed E-state index contributed by atoms with van der Waals surface area (Å²) in [4.78, 5) is 11.5. The Labute approximate surface area is 97.7 Å². The number of aryl methyl sites for hydroxylation is 1. The van der Waals surface area contributed by atoms with Crippen molar-refractivity contribution in [1.82, 2.24) is 0 Å². The molecule has 1 unspecified atom stereocenters. The number of rotatable bonds is 3. The Morgan fingerprint density at radius 3 is 2.73 bits per heavy atom. The quantitative estimate of drug-likeness (QED) is 0.856. The van der Waals surface area contributed by atoms with E-state index in [0.29, 0.717) is 0 Å². The molecule has 0 spiro atoms. The first-order valence-corrected chi connectivity index (χ1v) is 5.43. The van der Waals surface area contributed by atoms with Crippen LogP contribution >= 0.6 is 15.9 Å². The lowest BCUT2D eigenvalue weighted by atomic mass is 9.95. The second-order valence-electron chi connectivity index (χ2n) is 3.31. The van der Waals surface area contributed by atoms with Gasteiger partial charge in [-0.05, 0) is 30.2 Å². The van der Waals surface area contributed by atoms with Crippen LogP contribution < -0.4 is 5.73 Å². The average Bonchev–Trinajstić information content (AvgIpc) is 2.21. The smallest absolute Gasteiger partial charge is 0.314 e. The summed E-state index contributed by atoms with van der Waals surface area (Å²) < 4.78 is 5.70. The molecule has 82 valence electrons. The highest BCUT2D eigenvalue weighted by Crippen LogP contribution is 2.23. The third-order valence-corrected chi connectivity index (χ3v) is 2.82. The van der Waals surface area contributed by atoms with E-state index in [2.05, 4.69) is 15.9 Å². The number of hydrogen-bond acceptors (Lipinski definition) is 3. The van der Waals surface area contributed by atoms with Crippen molar-refractivity contribution in [2.45, 2.75) is 12.8 Å². The zero-order chi connectivity index (χ0) is 11.4. The summed E-state index contributed by atoms with van der Waals surface area (Å²) in [7, 11) is 1.37. The highest BCUT2D eigenvalue weighted by Gasteiger charge is 2.21. The van der Waals surface area contributed by atoms with Crippen LogP contribution in [0.15, 0.2) is 22.7 Å². The van der Waals surface area contributed by atoms with Crippen LogP contribution in [0.2, 0.25) is 0 Å². The number of esters is 1. The molecule has 0 radical (unpaired) electrons. The topological polar surface area (TPSA) is 52.3 Å². The van der Waals surface area contributed by atoms with Gasteiger partial charge < -0.3 is 10.5 Å². The second-order valence-corrected chi connectivity index (χ2v) is 4.23. The molecule has 4 heteroatoms. The fourth-order valence-corrected chi connectivity index (χ4v) is 2.00. The summed E-state index contributed by atoms with van der Waals surface area (Å²) in [6.45, 7) is 2.21. The van der Waals surface area contributed by atoms with Gasteiger partial charge in [-0.2, -0.15) is 0 Å². The first-order valence-electron chi connectivity index (χ1n) is 4.64. The fourth-order valence-electron chi connectivity index (χ4n) is 1.52. The summed E-state index contributed by atoms with van der Waals surface area (Å²) in [5, 5.41) is 0. The summed E-state index contributed by atoms with van der Waals surface area (Å²) >= 11 is 3.37. The lowest BCUT2D eigenvalue weighted by Crippen LogP contribution is -2.23. The fraction of sp³-hybridized carbons (Fsp3) is 0.364. The maximum absolute atomic E-state index is 11.5. The van der Waals surface area contributed by atoms with Crippen molar-refractivity contribution in [3.05, 3.63) is 33.8 Å². The number of ether oxygens (including phenoxy) is 1. The zero-order valence-electron chi connectivity index (χ0n) is 8.79. The number of nitrogens with two attached hydrogens (primary N) is 1. The van der Waals surface area contributed by atoms with Gasteiger partial charge in [0, 0.05) is 11.0 Å². The normalized spacial score (nSPS) is 12.3. The maximum Gasteiger partial charge on any atom is 0.314 e. The molecule has 15 heavy (non-hydrogen) atoms. The molecular formula is C11H14BrNO2. The number of carbonyl (C=O) groups excluding carboxylic acids is 1. The molecule has 0 heterocycles. The summed E-state index contributed by atoms with van der Waals surface area (Å²) in [6.07, 6.45) is 0. The first-order chi connectivity index (χ1) is 7.10. The Morgan fingerprint density at radius 2 is 2.27 bits per heavy atom. The third kappa shape index (κ3) is 2.79. The van der Waals surface area contributed by atoms with Crippen molar-refractivity contribution in [2.24, 2.45) is 5.73 Å². The van der Waals surface area contributed by atoms with Gasteiger partial charge in [-0.1, -0.05) is 22.0 Å². The molecule has 1 rings (SSSR count).